The highest BCUT2D eigenvalue weighted by molar-refractivity contribution is 5.24. The van der Waals surface area contributed by atoms with Crippen molar-refractivity contribution in [3.8, 4) is 0 Å². The predicted octanol–water partition coefficient (Wildman–Crippen LogP) is 2.87. The van der Waals surface area contributed by atoms with Crippen LogP contribution in [0.2, 0.25) is 0 Å². The molecule has 2 atom stereocenters. The number of aliphatic hydroxyl groups excluding tert-OH is 1. The summed E-state index contributed by atoms with van der Waals surface area (Å²) in [6.45, 7) is 6.15. The first-order valence-corrected chi connectivity index (χ1v) is 4.89. The average molecular weight is 178 g/mol. The lowest BCUT2D eigenvalue weighted by Gasteiger charge is -2.17. The summed E-state index contributed by atoms with van der Waals surface area (Å²) in [5, 5.41) is 9.65. The minimum absolute atomic E-state index is 0.220. The molecule has 0 saturated heterocycles. The Labute approximate surface area is 80.4 Å². The smallest absolute Gasteiger partial charge is 0.0603 e. The van der Waals surface area contributed by atoms with Crippen LogP contribution in [0, 0.1) is 6.92 Å². The van der Waals surface area contributed by atoms with Crippen LogP contribution in [-0.2, 0) is 0 Å². The van der Waals surface area contributed by atoms with Gasteiger partial charge in [0.2, 0.25) is 0 Å². The SMILES string of the molecule is CCC(O)C(C)c1ccc(C)cc1. The zero-order chi connectivity index (χ0) is 9.84. The first-order valence-electron chi connectivity index (χ1n) is 4.89. The summed E-state index contributed by atoms with van der Waals surface area (Å²) in [5.41, 5.74) is 2.49. The van der Waals surface area contributed by atoms with E-state index in [4.69, 9.17) is 0 Å². The minimum Gasteiger partial charge on any atom is -0.393 e. The molecule has 1 nitrogen and oxygen atoms in total. The van der Waals surface area contributed by atoms with Gasteiger partial charge in [-0.05, 0) is 18.9 Å². The number of rotatable bonds is 3. The monoisotopic (exact) mass is 178 g/mol. The van der Waals surface area contributed by atoms with E-state index in [2.05, 4.69) is 38.1 Å². The second-order valence-corrected chi connectivity index (χ2v) is 3.67. The molecule has 0 aliphatic carbocycles. The molecule has 13 heavy (non-hydrogen) atoms. The van der Waals surface area contributed by atoms with Crippen molar-refractivity contribution in [1.82, 2.24) is 0 Å². The quantitative estimate of drug-likeness (QED) is 0.754. The Balaban J connectivity index is 2.77. The summed E-state index contributed by atoms with van der Waals surface area (Å²) < 4.78 is 0. The molecule has 1 aromatic rings. The number of hydrogen-bond acceptors (Lipinski definition) is 1. The van der Waals surface area contributed by atoms with Crippen molar-refractivity contribution in [3.05, 3.63) is 35.4 Å². The first-order chi connectivity index (χ1) is 6.15. The Morgan fingerprint density at radius 2 is 1.77 bits per heavy atom. The molecular formula is C12H18O. The third-order valence-corrected chi connectivity index (χ3v) is 2.60. The maximum Gasteiger partial charge on any atom is 0.0603 e. The Kier molecular flexibility index (Phi) is 3.49. The van der Waals surface area contributed by atoms with E-state index in [9.17, 15) is 5.11 Å². The zero-order valence-electron chi connectivity index (χ0n) is 8.62. The van der Waals surface area contributed by atoms with Crippen molar-refractivity contribution in [2.45, 2.75) is 39.2 Å². The van der Waals surface area contributed by atoms with Gasteiger partial charge in [-0.3, -0.25) is 0 Å². The maximum absolute atomic E-state index is 9.65. The summed E-state index contributed by atoms with van der Waals surface area (Å²) in [7, 11) is 0. The van der Waals surface area contributed by atoms with Crippen LogP contribution in [0.4, 0.5) is 0 Å². The third-order valence-electron chi connectivity index (χ3n) is 2.60. The highest BCUT2D eigenvalue weighted by Crippen LogP contribution is 2.21. The fourth-order valence-electron chi connectivity index (χ4n) is 1.45. The standard InChI is InChI=1S/C12H18O/c1-4-12(13)10(3)11-7-5-9(2)6-8-11/h5-8,10,12-13H,4H2,1-3H3. The molecule has 72 valence electrons. The van der Waals surface area contributed by atoms with Crippen molar-refractivity contribution >= 4 is 0 Å². The summed E-state index contributed by atoms with van der Waals surface area (Å²) in [4.78, 5) is 0. The van der Waals surface area contributed by atoms with Crippen molar-refractivity contribution in [2.24, 2.45) is 0 Å². The van der Waals surface area contributed by atoms with E-state index in [1.54, 1.807) is 0 Å². The molecule has 0 spiro atoms. The number of aryl methyl sites for hydroxylation is 1. The average Bonchev–Trinajstić information content (AvgIpc) is 2.17. The Morgan fingerprint density at radius 1 is 1.23 bits per heavy atom. The van der Waals surface area contributed by atoms with Crippen molar-refractivity contribution < 1.29 is 5.11 Å². The Hall–Kier alpha value is -0.820. The molecule has 0 bridgehead atoms. The van der Waals surface area contributed by atoms with Crippen LogP contribution in [-0.4, -0.2) is 11.2 Å². The lowest BCUT2D eigenvalue weighted by Crippen LogP contribution is -2.14. The Morgan fingerprint density at radius 3 is 2.23 bits per heavy atom. The van der Waals surface area contributed by atoms with Crippen LogP contribution < -0.4 is 0 Å². The molecule has 1 N–H and O–H groups in total. The molecule has 0 radical (unpaired) electrons. The highest BCUT2D eigenvalue weighted by Gasteiger charge is 2.13. The van der Waals surface area contributed by atoms with E-state index in [0.717, 1.165) is 6.42 Å². The van der Waals surface area contributed by atoms with Crippen molar-refractivity contribution in [2.75, 3.05) is 0 Å². The van der Waals surface area contributed by atoms with Gasteiger partial charge in [0.25, 0.3) is 0 Å². The lowest BCUT2D eigenvalue weighted by molar-refractivity contribution is 0.145. The molecule has 0 aliphatic heterocycles. The van der Waals surface area contributed by atoms with E-state index < -0.39 is 0 Å². The van der Waals surface area contributed by atoms with E-state index in [1.165, 1.54) is 11.1 Å². The van der Waals surface area contributed by atoms with Gasteiger partial charge in [0.1, 0.15) is 0 Å². The normalized spacial score (nSPS) is 15.4. The van der Waals surface area contributed by atoms with Gasteiger partial charge in [0.15, 0.2) is 0 Å². The second kappa shape index (κ2) is 4.43. The zero-order valence-corrected chi connectivity index (χ0v) is 8.62. The fraction of sp³-hybridized carbons (Fsp3) is 0.500. The summed E-state index contributed by atoms with van der Waals surface area (Å²) >= 11 is 0. The van der Waals surface area contributed by atoms with E-state index >= 15 is 0 Å². The van der Waals surface area contributed by atoms with Crippen molar-refractivity contribution in [3.63, 3.8) is 0 Å². The van der Waals surface area contributed by atoms with Crippen LogP contribution in [0.15, 0.2) is 24.3 Å². The van der Waals surface area contributed by atoms with Gasteiger partial charge in [-0.25, -0.2) is 0 Å². The molecule has 0 heterocycles. The summed E-state index contributed by atoms with van der Waals surface area (Å²) in [5.74, 6) is 0.241. The summed E-state index contributed by atoms with van der Waals surface area (Å²) in [6, 6.07) is 8.38. The summed E-state index contributed by atoms with van der Waals surface area (Å²) in [6.07, 6.45) is 0.595. The molecule has 1 heteroatoms. The fourth-order valence-corrected chi connectivity index (χ4v) is 1.45. The largest absolute Gasteiger partial charge is 0.393 e. The Bertz CT molecular complexity index is 250. The van der Waals surface area contributed by atoms with Gasteiger partial charge in [-0.1, -0.05) is 43.7 Å². The predicted molar refractivity (Wildman–Crippen MR) is 55.9 cm³/mol. The first kappa shape index (κ1) is 10.3. The molecule has 0 saturated carbocycles. The van der Waals surface area contributed by atoms with Crippen LogP contribution in [0.25, 0.3) is 0 Å². The van der Waals surface area contributed by atoms with E-state index in [0.29, 0.717) is 0 Å². The topological polar surface area (TPSA) is 20.2 Å². The second-order valence-electron chi connectivity index (χ2n) is 3.67. The van der Waals surface area contributed by atoms with Crippen LogP contribution in [0.3, 0.4) is 0 Å². The van der Waals surface area contributed by atoms with Gasteiger partial charge in [-0.2, -0.15) is 0 Å². The lowest BCUT2D eigenvalue weighted by atomic mass is 9.93. The highest BCUT2D eigenvalue weighted by atomic mass is 16.3. The van der Waals surface area contributed by atoms with Gasteiger partial charge in [-0.15, -0.1) is 0 Å². The molecule has 0 aliphatic rings. The number of benzene rings is 1. The number of aliphatic hydroxyl groups is 1. The van der Waals surface area contributed by atoms with Crippen molar-refractivity contribution in [1.29, 1.82) is 0 Å². The molecular weight excluding hydrogens is 160 g/mol. The number of hydrogen-bond donors (Lipinski definition) is 1. The van der Waals surface area contributed by atoms with E-state index in [-0.39, 0.29) is 12.0 Å². The van der Waals surface area contributed by atoms with Crippen LogP contribution in [0.1, 0.15) is 37.3 Å². The molecule has 1 rings (SSSR count). The van der Waals surface area contributed by atoms with Gasteiger partial charge in [0, 0.05) is 5.92 Å². The minimum atomic E-state index is -0.220. The van der Waals surface area contributed by atoms with Gasteiger partial charge >= 0.3 is 0 Å². The van der Waals surface area contributed by atoms with E-state index in [1.807, 2.05) is 6.92 Å². The molecule has 0 fully saturated rings. The van der Waals surface area contributed by atoms with Gasteiger partial charge < -0.3 is 5.11 Å². The maximum atomic E-state index is 9.65. The molecule has 1 aromatic carbocycles. The molecule has 2 unspecified atom stereocenters. The van der Waals surface area contributed by atoms with Crippen LogP contribution >= 0.6 is 0 Å². The molecule has 0 amide bonds. The molecule has 0 aromatic heterocycles. The van der Waals surface area contributed by atoms with Crippen LogP contribution in [0.5, 0.6) is 0 Å². The third kappa shape index (κ3) is 2.56. The van der Waals surface area contributed by atoms with Gasteiger partial charge in [0.05, 0.1) is 6.10 Å².